The number of hydrogen-bond acceptors (Lipinski definition) is 4. The molecule has 0 heterocycles. The molecule has 0 spiro atoms. The highest BCUT2D eigenvalue weighted by Crippen LogP contribution is 2.25. The molecule has 0 fully saturated rings. The molecule has 1 aromatic carbocycles. The quantitative estimate of drug-likeness (QED) is 0.505. The van der Waals surface area contributed by atoms with Crippen molar-refractivity contribution in [1.29, 1.82) is 0 Å². The molecule has 0 unspecified atom stereocenters. The largest absolute Gasteiger partial charge is 0.466 e. The normalized spacial score (nSPS) is 10.4. The number of halogens is 1. The van der Waals surface area contributed by atoms with E-state index in [0.717, 1.165) is 41.5 Å². The van der Waals surface area contributed by atoms with Crippen molar-refractivity contribution in [2.75, 3.05) is 25.6 Å². The van der Waals surface area contributed by atoms with Gasteiger partial charge in [-0.05, 0) is 31.9 Å². The van der Waals surface area contributed by atoms with Gasteiger partial charge < -0.3 is 14.8 Å². The molecule has 1 rings (SSSR count). The molecular formula is C16H24BrNO3. The minimum Gasteiger partial charge on any atom is -0.466 e. The SMILES string of the molecule is CCOC(=O)CCCCCNc1cccc(Br)c1COC. The maximum atomic E-state index is 11.2. The van der Waals surface area contributed by atoms with Gasteiger partial charge in [-0.25, -0.2) is 0 Å². The van der Waals surface area contributed by atoms with E-state index in [1.54, 1.807) is 7.11 Å². The van der Waals surface area contributed by atoms with Gasteiger partial charge in [0.05, 0.1) is 13.2 Å². The zero-order valence-corrected chi connectivity index (χ0v) is 14.4. The van der Waals surface area contributed by atoms with E-state index in [4.69, 9.17) is 9.47 Å². The molecule has 21 heavy (non-hydrogen) atoms. The third kappa shape index (κ3) is 6.96. The van der Waals surface area contributed by atoms with E-state index in [1.807, 2.05) is 19.1 Å². The molecule has 0 saturated carbocycles. The van der Waals surface area contributed by atoms with Crippen LogP contribution in [0.25, 0.3) is 0 Å². The van der Waals surface area contributed by atoms with Crippen LogP contribution >= 0.6 is 15.9 Å². The first kappa shape index (κ1) is 18.0. The Morgan fingerprint density at radius 2 is 2.10 bits per heavy atom. The number of carbonyl (C=O) groups is 1. The second-order valence-electron chi connectivity index (χ2n) is 4.74. The third-order valence-electron chi connectivity index (χ3n) is 3.09. The minimum absolute atomic E-state index is 0.0974. The maximum Gasteiger partial charge on any atom is 0.305 e. The molecule has 0 saturated heterocycles. The summed E-state index contributed by atoms with van der Waals surface area (Å²) in [7, 11) is 1.69. The van der Waals surface area contributed by atoms with E-state index >= 15 is 0 Å². The van der Waals surface area contributed by atoms with E-state index in [-0.39, 0.29) is 5.97 Å². The number of ether oxygens (including phenoxy) is 2. The summed E-state index contributed by atoms with van der Waals surface area (Å²) >= 11 is 3.54. The van der Waals surface area contributed by atoms with Crippen LogP contribution in [0.4, 0.5) is 5.69 Å². The number of methoxy groups -OCH3 is 1. The van der Waals surface area contributed by atoms with E-state index in [2.05, 4.69) is 27.3 Å². The predicted octanol–water partition coefficient (Wildman–Crippen LogP) is 4.13. The Morgan fingerprint density at radius 3 is 2.81 bits per heavy atom. The Kier molecular flexibility index (Phi) is 9.10. The molecule has 0 amide bonds. The lowest BCUT2D eigenvalue weighted by molar-refractivity contribution is -0.143. The number of hydrogen-bond donors (Lipinski definition) is 1. The minimum atomic E-state index is -0.0974. The molecule has 0 aliphatic carbocycles. The fourth-order valence-corrected chi connectivity index (χ4v) is 2.52. The summed E-state index contributed by atoms with van der Waals surface area (Å²) in [5.74, 6) is -0.0974. The fraction of sp³-hybridized carbons (Fsp3) is 0.562. The molecule has 1 N–H and O–H groups in total. The first-order valence-corrected chi connectivity index (χ1v) is 8.14. The average molecular weight is 358 g/mol. The Labute approximate surface area is 135 Å². The smallest absolute Gasteiger partial charge is 0.305 e. The second kappa shape index (κ2) is 10.6. The van der Waals surface area contributed by atoms with Crippen molar-refractivity contribution in [2.24, 2.45) is 0 Å². The van der Waals surface area contributed by atoms with Crippen LogP contribution < -0.4 is 5.32 Å². The summed E-state index contributed by atoms with van der Waals surface area (Å²) in [5, 5.41) is 3.43. The number of benzene rings is 1. The van der Waals surface area contributed by atoms with Crippen molar-refractivity contribution < 1.29 is 14.3 Å². The zero-order chi connectivity index (χ0) is 15.5. The highest BCUT2D eigenvalue weighted by Gasteiger charge is 2.06. The number of rotatable bonds is 10. The first-order valence-electron chi connectivity index (χ1n) is 7.34. The van der Waals surface area contributed by atoms with Crippen LogP contribution in [-0.4, -0.2) is 26.2 Å². The van der Waals surface area contributed by atoms with Crippen LogP contribution in [0.3, 0.4) is 0 Å². The number of unbranched alkanes of at least 4 members (excludes halogenated alkanes) is 2. The van der Waals surface area contributed by atoms with E-state index in [0.29, 0.717) is 19.6 Å². The van der Waals surface area contributed by atoms with Gasteiger partial charge in [0.15, 0.2) is 0 Å². The van der Waals surface area contributed by atoms with Crippen molar-refractivity contribution in [3.8, 4) is 0 Å². The van der Waals surface area contributed by atoms with Crippen molar-refractivity contribution in [2.45, 2.75) is 39.2 Å². The summed E-state index contributed by atoms with van der Waals surface area (Å²) in [6.07, 6.45) is 3.43. The summed E-state index contributed by atoms with van der Waals surface area (Å²) in [5.41, 5.74) is 2.23. The fourth-order valence-electron chi connectivity index (χ4n) is 2.04. The summed E-state index contributed by atoms with van der Waals surface area (Å²) in [4.78, 5) is 11.2. The van der Waals surface area contributed by atoms with Crippen molar-refractivity contribution in [3.05, 3.63) is 28.2 Å². The van der Waals surface area contributed by atoms with Crippen molar-refractivity contribution in [1.82, 2.24) is 0 Å². The van der Waals surface area contributed by atoms with Gasteiger partial charge in [0.1, 0.15) is 0 Å². The lowest BCUT2D eigenvalue weighted by Gasteiger charge is -2.13. The van der Waals surface area contributed by atoms with Gasteiger partial charge in [-0.1, -0.05) is 28.4 Å². The summed E-state index contributed by atoms with van der Waals surface area (Å²) in [6.45, 7) is 3.76. The molecule has 0 bridgehead atoms. The molecule has 0 atom stereocenters. The van der Waals surface area contributed by atoms with Crippen molar-refractivity contribution >= 4 is 27.6 Å². The highest BCUT2D eigenvalue weighted by atomic mass is 79.9. The van der Waals surface area contributed by atoms with Gasteiger partial charge in [0.25, 0.3) is 0 Å². The predicted molar refractivity (Wildman–Crippen MR) is 88.4 cm³/mol. The summed E-state index contributed by atoms with van der Waals surface area (Å²) < 4.78 is 11.2. The van der Waals surface area contributed by atoms with Crippen LogP contribution in [0.5, 0.6) is 0 Å². The number of esters is 1. The van der Waals surface area contributed by atoms with Gasteiger partial charge >= 0.3 is 5.97 Å². The number of nitrogens with one attached hydrogen (secondary N) is 1. The third-order valence-corrected chi connectivity index (χ3v) is 3.83. The maximum absolute atomic E-state index is 11.2. The van der Waals surface area contributed by atoms with Crippen molar-refractivity contribution in [3.63, 3.8) is 0 Å². The van der Waals surface area contributed by atoms with E-state index in [9.17, 15) is 4.79 Å². The van der Waals surface area contributed by atoms with Crippen LogP contribution in [0.2, 0.25) is 0 Å². The van der Waals surface area contributed by atoms with Gasteiger partial charge in [-0.3, -0.25) is 4.79 Å². The second-order valence-corrected chi connectivity index (χ2v) is 5.60. The van der Waals surface area contributed by atoms with Gasteiger partial charge in [-0.2, -0.15) is 0 Å². The van der Waals surface area contributed by atoms with Crippen LogP contribution in [-0.2, 0) is 20.9 Å². The van der Waals surface area contributed by atoms with Gasteiger partial charge in [0, 0.05) is 35.8 Å². The monoisotopic (exact) mass is 357 g/mol. The topological polar surface area (TPSA) is 47.6 Å². The Bertz CT molecular complexity index is 438. The standard InChI is InChI=1S/C16H24BrNO3/c1-3-21-16(19)10-5-4-6-11-18-15-9-7-8-14(17)13(15)12-20-2/h7-9,18H,3-6,10-12H2,1-2H3. The Hall–Kier alpha value is -1.07. The molecule has 4 nitrogen and oxygen atoms in total. The highest BCUT2D eigenvalue weighted by molar-refractivity contribution is 9.10. The molecule has 118 valence electrons. The van der Waals surface area contributed by atoms with E-state index in [1.165, 1.54) is 0 Å². The first-order chi connectivity index (χ1) is 10.2. The molecule has 0 aromatic heterocycles. The molecule has 1 aromatic rings. The zero-order valence-electron chi connectivity index (χ0n) is 12.8. The molecule has 0 radical (unpaired) electrons. The number of anilines is 1. The van der Waals surface area contributed by atoms with E-state index < -0.39 is 0 Å². The lowest BCUT2D eigenvalue weighted by atomic mass is 10.1. The number of carbonyl (C=O) groups excluding carboxylic acids is 1. The van der Waals surface area contributed by atoms with Crippen LogP contribution in [0, 0.1) is 0 Å². The Morgan fingerprint density at radius 1 is 1.29 bits per heavy atom. The molecule has 0 aliphatic heterocycles. The molecular weight excluding hydrogens is 334 g/mol. The molecule has 0 aliphatic rings. The van der Waals surface area contributed by atoms with Gasteiger partial charge in [0.2, 0.25) is 0 Å². The van der Waals surface area contributed by atoms with Crippen LogP contribution in [0.15, 0.2) is 22.7 Å². The summed E-state index contributed by atoms with van der Waals surface area (Å²) in [6, 6.07) is 6.07. The van der Waals surface area contributed by atoms with Crippen LogP contribution in [0.1, 0.15) is 38.2 Å². The molecule has 5 heteroatoms. The average Bonchev–Trinajstić information content (AvgIpc) is 2.46. The van der Waals surface area contributed by atoms with Gasteiger partial charge in [-0.15, -0.1) is 0 Å². The lowest BCUT2D eigenvalue weighted by Crippen LogP contribution is -2.06. The Balaban J connectivity index is 2.27.